The van der Waals surface area contributed by atoms with E-state index < -0.39 is 40.8 Å². The molecule has 2 saturated heterocycles. The summed E-state index contributed by atoms with van der Waals surface area (Å²) in [4.78, 5) is 9.98. The van der Waals surface area contributed by atoms with Gasteiger partial charge in [-0.05, 0) is 41.4 Å². The van der Waals surface area contributed by atoms with Gasteiger partial charge in [0.1, 0.15) is 18.9 Å². The van der Waals surface area contributed by atoms with Gasteiger partial charge in [-0.3, -0.25) is 4.57 Å². The number of hydrogen-bond acceptors (Lipinski definition) is 11. The van der Waals surface area contributed by atoms with Crippen LogP contribution in [0.1, 0.15) is 76.2 Å². The van der Waals surface area contributed by atoms with Gasteiger partial charge in [0, 0.05) is 20.2 Å². The quantitative estimate of drug-likeness (QED) is 0.115. The van der Waals surface area contributed by atoms with Crippen LogP contribution in [0.25, 0.3) is 33.5 Å². The molecule has 0 radical (unpaired) electrons. The summed E-state index contributed by atoms with van der Waals surface area (Å²) in [5.74, 6) is 0.666. The Labute approximate surface area is 406 Å². The fourth-order valence-electron chi connectivity index (χ4n) is 5.86. The first kappa shape index (κ1) is 60.0. The monoisotopic (exact) mass is 976 g/mol. The van der Waals surface area contributed by atoms with Crippen molar-refractivity contribution in [3.05, 3.63) is 65.7 Å². The number of nitrogens with one attached hydrogen (secondary N) is 1. The van der Waals surface area contributed by atoms with E-state index in [0.29, 0.717) is 48.9 Å². The van der Waals surface area contributed by atoms with Crippen LogP contribution < -0.4 is 25.7 Å². The van der Waals surface area contributed by atoms with E-state index in [-0.39, 0.29) is 51.1 Å². The maximum absolute atomic E-state index is 9.53. The molecular formula is C48H77ClN4O8Si2Ti. The van der Waals surface area contributed by atoms with E-state index in [2.05, 4.69) is 95.2 Å². The van der Waals surface area contributed by atoms with Crippen LogP contribution in [0.15, 0.2) is 60.7 Å². The number of ether oxygens (including phenoxy) is 3. The molecule has 2 aromatic heterocycles. The number of benzene rings is 2. The number of hydrogen-bond donors (Lipinski definition) is 1. The van der Waals surface area contributed by atoms with Crippen molar-refractivity contribution >= 4 is 45.1 Å². The largest absolute Gasteiger partial charge is 4.00 e. The normalized spacial score (nSPS) is 18.3. The van der Waals surface area contributed by atoms with Crippen LogP contribution in [0.3, 0.4) is 0 Å². The summed E-state index contributed by atoms with van der Waals surface area (Å²) in [7, 11) is -3.23. The van der Waals surface area contributed by atoms with Gasteiger partial charge in [0.05, 0.1) is 41.6 Å². The fraction of sp³-hybridized carbons (Fsp3) is 0.625. The van der Waals surface area contributed by atoms with Crippen molar-refractivity contribution in [3.8, 4) is 22.4 Å². The van der Waals surface area contributed by atoms with E-state index in [1.54, 1.807) is 55.4 Å². The molecule has 356 valence electrons. The van der Waals surface area contributed by atoms with Gasteiger partial charge in [0.15, 0.2) is 14.0 Å². The molecule has 0 amide bonds. The molecule has 0 bridgehead atoms. The average molecular weight is 978 g/mol. The molecule has 4 aromatic rings. The van der Waals surface area contributed by atoms with Crippen LogP contribution in [-0.2, 0) is 47.1 Å². The smallest absolute Gasteiger partial charge is 0.852 e. The van der Waals surface area contributed by atoms with Crippen LogP contribution in [0, 0.1) is 0 Å². The minimum atomic E-state index is -1.98. The number of halogens is 1. The van der Waals surface area contributed by atoms with Crippen molar-refractivity contribution in [1.29, 1.82) is 0 Å². The predicted octanol–water partition coefficient (Wildman–Crippen LogP) is 7.72. The van der Waals surface area contributed by atoms with Crippen molar-refractivity contribution in [1.82, 2.24) is 14.5 Å². The summed E-state index contributed by atoms with van der Waals surface area (Å²) in [6.07, 6.45) is -2.00. The maximum Gasteiger partial charge on any atom is 4.00 e. The van der Waals surface area contributed by atoms with Gasteiger partial charge in [-0.25, -0.2) is 4.98 Å². The van der Waals surface area contributed by atoms with Gasteiger partial charge in [-0.1, -0.05) is 162 Å². The number of rotatable bonds is 11. The second-order valence-electron chi connectivity index (χ2n) is 19.8. The molecule has 2 aliphatic rings. The zero-order valence-electron chi connectivity index (χ0n) is 41.4. The van der Waals surface area contributed by atoms with Crippen molar-refractivity contribution in [2.75, 3.05) is 25.1 Å². The van der Waals surface area contributed by atoms with Crippen LogP contribution in [0.4, 0.5) is 5.95 Å². The molecule has 2 fully saturated rings. The third-order valence-corrected chi connectivity index (χ3v) is 16.2. The molecule has 0 saturated carbocycles. The molecular weight excluding hydrogens is 900 g/mol. The summed E-state index contributed by atoms with van der Waals surface area (Å²) in [5.41, 5.74) is 5.36. The van der Waals surface area contributed by atoms with E-state index in [4.69, 9.17) is 40.2 Å². The Balaban J connectivity index is 0.00000104. The van der Waals surface area contributed by atoms with Crippen molar-refractivity contribution in [2.45, 2.75) is 175 Å². The Hall–Kier alpha value is -2.02. The fourth-order valence-corrected chi connectivity index (χ4v) is 8.19. The first-order valence-corrected chi connectivity index (χ1v) is 29.2. The van der Waals surface area contributed by atoms with Gasteiger partial charge in [-0.15, -0.1) is 24.4 Å². The van der Waals surface area contributed by atoms with Crippen molar-refractivity contribution in [2.24, 2.45) is 0 Å². The van der Waals surface area contributed by atoms with Crippen LogP contribution >= 0.6 is 11.6 Å². The third kappa shape index (κ3) is 20.9. The molecule has 1 N–H and O–H groups in total. The maximum atomic E-state index is 9.53. The van der Waals surface area contributed by atoms with E-state index >= 15 is 0 Å². The minimum absolute atomic E-state index is 0. The number of anilines is 1. The predicted molar refractivity (Wildman–Crippen MR) is 257 cm³/mol. The molecule has 1 unspecified atom stereocenters. The molecule has 16 heteroatoms. The molecule has 12 nitrogen and oxygen atoms in total. The summed E-state index contributed by atoms with van der Waals surface area (Å²) in [6.45, 7) is 33.3. The number of imidazole rings is 1. The summed E-state index contributed by atoms with van der Waals surface area (Å²) in [5, 5.41) is 42.4. The Morgan fingerprint density at radius 1 is 0.750 bits per heavy atom. The van der Waals surface area contributed by atoms with Crippen LogP contribution in [0.5, 0.6) is 0 Å². The molecule has 64 heavy (non-hydrogen) atoms. The summed E-state index contributed by atoms with van der Waals surface area (Å²) >= 11 is 6.93. The summed E-state index contributed by atoms with van der Waals surface area (Å²) < 4.78 is 27.7. The number of nitrogens with zero attached hydrogens (tertiary/aromatic N) is 3. The zero-order valence-corrected chi connectivity index (χ0v) is 45.7. The van der Waals surface area contributed by atoms with Gasteiger partial charge >= 0.3 is 21.7 Å². The molecule has 0 aliphatic carbocycles. The van der Waals surface area contributed by atoms with Gasteiger partial charge < -0.3 is 44.4 Å². The molecule has 6 rings (SSSR count). The van der Waals surface area contributed by atoms with E-state index in [1.165, 1.54) is 5.56 Å². The van der Waals surface area contributed by atoms with E-state index in [1.807, 2.05) is 28.8 Å². The SMILES string of the molecule is CC(C)(C)[Si](C)(C)O[C@@H]1CO[C@@H]2C(Nc3nc4nc(-c5ccc(-c6ccccc6)cc5)c(Cl)cc4n3COCC[Si](C)(C)C)CO[C@@H]21.CC(C)[O-].CC(C)[O-].CC(C)[O-].CC(C)[O-].[Ti+4]. The second kappa shape index (κ2) is 27.7. The number of aromatic nitrogens is 3. The van der Waals surface area contributed by atoms with E-state index in [9.17, 15) is 20.4 Å². The van der Waals surface area contributed by atoms with Gasteiger partial charge in [-0.2, -0.15) is 4.98 Å². The van der Waals surface area contributed by atoms with E-state index in [0.717, 1.165) is 22.7 Å². The Morgan fingerprint density at radius 3 is 1.73 bits per heavy atom. The standard InChI is InChI=1S/C36H49ClN4O4Si2.4C3H7O.Ti/c1-36(2,3)47(7,8)45-30-22-44-32-28(21-43-33(30)32)38-35-40-34-29(41(35)23-42-18-19-46(4,5)6)20-27(37)31(39-34)26-16-14-25(15-17-26)24-12-10-9-11-13-24;4*1-3(2)4;/h9-17,20,28,30,32-33H,18-19,21-23H2,1-8H3,(H,38,39,40);4*3H,1-2H3;/q;4*-1;+4/t28?,30-,32-,33-;;;;;/m1...../s1. The van der Waals surface area contributed by atoms with Crippen LogP contribution in [0.2, 0.25) is 48.8 Å². The minimum Gasteiger partial charge on any atom is -0.852 e. The molecule has 2 aromatic carbocycles. The third-order valence-electron chi connectivity index (χ3n) is 9.75. The zero-order chi connectivity index (χ0) is 47.9. The molecule has 0 spiro atoms. The summed E-state index contributed by atoms with van der Waals surface area (Å²) in [6, 6.07) is 21.6. The first-order valence-electron chi connectivity index (χ1n) is 22.2. The van der Waals surface area contributed by atoms with Gasteiger partial charge in [0.25, 0.3) is 0 Å². The molecule has 4 atom stereocenters. The average Bonchev–Trinajstić information content (AvgIpc) is 3.83. The number of fused-ring (bicyclic) bond motifs is 2. The topological polar surface area (TPSA) is 172 Å². The Kier molecular flexibility index (Phi) is 26.0. The van der Waals surface area contributed by atoms with Crippen molar-refractivity contribution < 1.29 is 60.8 Å². The second-order valence-corrected chi connectivity index (χ2v) is 30.6. The first-order chi connectivity index (χ1) is 29.1. The van der Waals surface area contributed by atoms with Crippen LogP contribution in [-0.4, -0.2) is 99.5 Å². The van der Waals surface area contributed by atoms with Gasteiger partial charge in [0.2, 0.25) is 5.95 Å². The molecule has 2 aliphatic heterocycles. The Morgan fingerprint density at radius 2 is 1.23 bits per heavy atom. The van der Waals surface area contributed by atoms with Crippen molar-refractivity contribution in [3.63, 3.8) is 0 Å². The molecule has 4 heterocycles. The Bertz CT molecular complexity index is 1870. The number of pyridine rings is 1.